The van der Waals surface area contributed by atoms with Crippen LogP contribution in [-0.2, 0) is 10.9 Å². The first-order chi connectivity index (χ1) is 10.7. The lowest BCUT2D eigenvalue weighted by molar-refractivity contribution is -0.139. The van der Waals surface area contributed by atoms with Crippen LogP contribution in [0, 0.1) is 0 Å². The van der Waals surface area contributed by atoms with E-state index >= 15 is 0 Å². The molecule has 9 nitrogen and oxygen atoms in total. The molecular weight excluding hydrogens is 323 g/mol. The molecule has 12 heteroatoms. The van der Waals surface area contributed by atoms with E-state index in [9.17, 15) is 23.4 Å². The number of ether oxygens (including phenoxy) is 1. The molecule has 0 unspecified atom stereocenters. The van der Waals surface area contributed by atoms with Crippen LogP contribution < -0.4 is 5.73 Å². The molecule has 0 spiro atoms. The molecule has 126 valence electrons. The predicted molar refractivity (Wildman–Crippen MR) is 67.7 cm³/mol. The van der Waals surface area contributed by atoms with Crippen LogP contribution in [0.3, 0.4) is 0 Å². The van der Waals surface area contributed by atoms with Gasteiger partial charge in [0.15, 0.2) is 17.6 Å². The van der Waals surface area contributed by atoms with E-state index in [1.165, 1.54) is 0 Å². The monoisotopic (exact) mass is 335 g/mol. The lowest BCUT2D eigenvalue weighted by atomic mass is 10.1. The molecule has 1 fully saturated rings. The molecule has 3 heterocycles. The molecule has 0 radical (unpaired) electrons. The highest BCUT2D eigenvalue weighted by Crippen LogP contribution is 2.35. The maximum Gasteiger partial charge on any atom is 0.435 e. The summed E-state index contributed by atoms with van der Waals surface area (Å²) < 4.78 is 45.2. The fraction of sp³-hybridized carbons (Fsp3) is 0.545. The molecule has 2 aromatic heterocycles. The minimum absolute atomic E-state index is 0.306. The average Bonchev–Trinajstić information content (AvgIpc) is 3.00. The van der Waals surface area contributed by atoms with Crippen LogP contribution in [0.15, 0.2) is 6.33 Å². The van der Waals surface area contributed by atoms with Crippen molar-refractivity contribution in [3.05, 3.63) is 12.0 Å². The Morgan fingerprint density at radius 3 is 2.52 bits per heavy atom. The van der Waals surface area contributed by atoms with Crippen LogP contribution in [0.5, 0.6) is 0 Å². The summed E-state index contributed by atoms with van der Waals surface area (Å²) in [4.78, 5) is 10.5. The summed E-state index contributed by atoms with van der Waals surface area (Å²) in [5, 5.41) is 28.8. The standard InChI is InChI=1S/C11H12F3N5O4/c12-11(13,14)7-4-8(18-10(15)17-7)19(2-16-4)9-6(22)5(21)3(1-20)23-9/h2-3,5-6,9,20-22H,1H2,(H2,15,17,18)/t3-,5-,6-,9-/m1/s1. The van der Waals surface area contributed by atoms with Crippen molar-refractivity contribution in [3.63, 3.8) is 0 Å². The van der Waals surface area contributed by atoms with Crippen LogP contribution in [-0.4, -0.2) is 59.8 Å². The van der Waals surface area contributed by atoms with Gasteiger partial charge in [0.05, 0.1) is 12.9 Å². The Balaban J connectivity index is 2.12. The zero-order chi connectivity index (χ0) is 16.9. The summed E-state index contributed by atoms with van der Waals surface area (Å²) in [7, 11) is 0. The second kappa shape index (κ2) is 5.26. The molecule has 0 bridgehead atoms. The SMILES string of the molecule is Nc1nc(C(F)(F)F)c2ncn([C@@H]3O[C@H](CO)[C@@H](O)[C@H]3O)c2n1. The van der Waals surface area contributed by atoms with E-state index in [2.05, 4.69) is 15.0 Å². The lowest BCUT2D eigenvalue weighted by Crippen LogP contribution is -2.33. The van der Waals surface area contributed by atoms with Crippen molar-refractivity contribution in [1.29, 1.82) is 0 Å². The van der Waals surface area contributed by atoms with E-state index in [4.69, 9.17) is 15.6 Å². The smallest absolute Gasteiger partial charge is 0.394 e. The summed E-state index contributed by atoms with van der Waals surface area (Å²) in [5.74, 6) is -0.627. The van der Waals surface area contributed by atoms with Crippen molar-refractivity contribution in [2.75, 3.05) is 12.3 Å². The van der Waals surface area contributed by atoms with Crippen molar-refractivity contribution >= 4 is 17.1 Å². The molecule has 5 N–H and O–H groups in total. The number of aliphatic hydroxyl groups is 3. The van der Waals surface area contributed by atoms with Gasteiger partial charge < -0.3 is 25.8 Å². The van der Waals surface area contributed by atoms with Gasteiger partial charge in [-0.25, -0.2) is 9.97 Å². The van der Waals surface area contributed by atoms with Gasteiger partial charge in [0.1, 0.15) is 23.8 Å². The van der Waals surface area contributed by atoms with Crippen LogP contribution in [0.25, 0.3) is 11.2 Å². The number of fused-ring (bicyclic) bond motifs is 1. The summed E-state index contributed by atoms with van der Waals surface area (Å²) in [6, 6.07) is 0. The van der Waals surface area contributed by atoms with Gasteiger partial charge >= 0.3 is 6.18 Å². The fourth-order valence-corrected chi connectivity index (χ4v) is 2.43. The van der Waals surface area contributed by atoms with Crippen LogP contribution in [0.2, 0.25) is 0 Å². The number of nitrogens with zero attached hydrogens (tertiary/aromatic N) is 4. The van der Waals surface area contributed by atoms with Gasteiger partial charge in [-0.15, -0.1) is 0 Å². The van der Waals surface area contributed by atoms with Crippen LogP contribution in [0.4, 0.5) is 19.1 Å². The van der Waals surface area contributed by atoms with Crippen molar-refractivity contribution in [3.8, 4) is 0 Å². The summed E-state index contributed by atoms with van der Waals surface area (Å²) in [5.41, 5.74) is 3.12. The molecule has 0 amide bonds. The van der Waals surface area contributed by atoms with Gasteiger partial charge in [-0.3, -0.25) is 4.57 Å². The highest BCUT2D eigenvalue weighted by Gasteiger charge is 2.45. The lowest BCUT2D eigenvalue weighted by Gasteiger charge is -2.16. The quantitative estimate of drug-likeness (QED) is 0.550. The highest BCUT2D eigenvalue weighted by molar-refractivity contribution is 5.75. The minimum atomic E-state index is -4.79. The Hall–Kier alpha value is -2.02. The number of halogens is 3. The fourth-order valence-electron chi connectivity index (χ4n) is 2.43. The first-order valence-electron chi connectivity index (χ1n) is 6.43. The second-order valence-electron chi connectivity index (χ2n) is 4.98. The summed E-state index contributed by atoms with van der Waals surface area (Å²) >= 11 is 0. The Morgan fingerprint density at radius 1 is 1.26 bits per heavy atom. The van der Waals surface area contributed by atoms with E-state index in [1.807, 2.05) is 0 Å². The third-order valence-corrected chi connectivity index (χ3v) is 3.50. The number of alkyl halides is 3. The van der Waals surface area contributed by atoms with E-state index in [0.717, 1.165) is 10.9 Å². The van der Waals surface area contributed by atoms with Crippen molar-refractivity contribution in [1.82, 2.24) is 19.5 Å². The molecular formula is C11H12F3N5O4. The normalized spacial score (nSPS) is 28.6. The highest BCUT2D eigenvalue weighted by atomic mass is 19.4. The molecule has 1 saturated heterocycles. The number of anilines is 1. The van der Waals surface area contributed by atoms with Crippen molar-refractivity contribution in [2.24, 2.45) is 0 Å². The van der Waals surface area contributed by atoms with Crippen molar-refractivity contribution in [2.45, 2.75) is 30.7 Å². The van der Waals surface area contributed by atoms with Crippen molar-refractivity contribution < 1.29 is 33.2 Å². The molecule has 0 aliphatic carbocycles. The molecule has 1 aliphatic heterocycles. The van der Waals surface area contributed by atoms with Gasteiger partial charge in [-0.05, 0) is 0 Å². The first kappa shape index (κ1) is 15.9. The number of nitrogen functional groups attached to an aromatic ring is 1. The van der Waals surface area contributed by atoms with Gasteiger partial charge in [0, 0.05) is 0 Å². The number of rotatable bonds is 2. The zero-order valence-electron chi connectivity index (χ0n) is 11.3. The second-order valence-corrected chi connectivity index (χ2v) is 4.98. The number of aliphatic hydroxyl groups excluding tert-OH is 3. The molecule has 3 rings (SSSR count). The zero-order valence-corrected chi connectivity index (χ0v) is 11.3. The van der Waals surface area contributed by atoms with Gasteiger partial charge in [0.25, 0.3) is 0 Å². The number of hydrogen-bond donors (Lipinski definition) is 4. The molecule has 23 heavy (non-hydrogen) atoms. The largest absolute Gasteiger partial charge is 0.435 e. The average molecular weight is 335 g/mol. The molecule has 0 saturated carbocycles. The minimum Gasteiger partial charge on any atom is -0.394 e. The first-order valence-corrected chi connectivity index (χ1v) is 6.43. The number of imidazole rings is 1. The third kappa shape index (κ3) is 2.49. The van der Waals surface area contributed by atoms with Gasteiger partial charge in [-0.1, -0.05) is 0 Å². The van der Waals surface area contributed by atoms with Crippen LogP contribution in [0.1, 0.15) is 11.9 Å². The molecule has 2 aromatic rings. The van der Waals surface area contributed by atoms with E-state index in [0.29, 0.717) is 0 Å². The maximum absolute atomic E-state index is 13.0. The summed E-state index contributed by atoms with van der Waals surface area (Å²) in [6.45, 7) is -0.577. The predicted octanol–water partition coefficient (Wildman–Crippen LogP) is -0.961. The van der Waals surface area contributed by atoms with Gasteiger partial charge in [-0.2, -0.15) is 18.2 Å². The van der Waals surface area contributed by atoms with E-state index in [1.54, 1.807) is 0 Å². The Labute approximate surface area is 126 Å². The maximum atomic E-state index is 13.0. The van der Waals surface area contributed by atoms with Gasteiger partial charge in [0.2, 0.25) is 5.95 Å². The Kier molecular flexibility index (Phi) is 3.63. The van der Waals surface area contributed by atoms with E-state index < -0.39 is 54.5 Å². The third-order valence-electron chi connectivity index (χ3n) is 3.50. The Morgan fingerprint density at radius 2 is 1.96 bits per heavy atom. The number of hydrogen-bond acceptors (Lipinski definition) is 8. The van der Waals surface area contributed by atoms with Crippen LogP contribution >= 0.6 is 0 Å². The van der Waals surface area contributed by atoms with E-state index in [-0.39, 0.29) is 5.65 Å². The molecule has 0 aromatic carbocycles. The molecule has 4 atom stereocenters. The number of aromatic nitrogens is 4. The Bertz CT molecular complexity index is 736. The number of nitrogens with two attached hydrogens (primary N) is 1. The summed E-state index contributed by atoms with van der Waals surface area (Å²) in [6.07, 6.45) is -9.10. The topological polar surface area (TPSA) is 140 Å². The molecule has 1 aliphatic rings.